The Balaban J connectivity index is 1.31. The van der Waals surface area contributed by atoms with E-state index in [0.29, 0.717) is 34.6 Å². The van der Waals surface area contributed by atoms with E-state index in [2.05, 4.69) is 8.75 Å². The molecule has 10 heteroatoms. The second-order valence-corrected chi connectivity index (χ2v) is 9.77. The number of hydrogen-bond acceptors (Lipinski definition) is 7. The fourth-order valence-electron chi connectivity index (χ4n) is 3.94. The highest BCUT2D eigenvalue weighted by Crippen LogP contribution is 2.32. The van der Waals surface area contributed by atoms with Crippen LogP contribution in [0.2, 0.25) is 0 Å². The lowest BCUT2D eigenvalue weighted by molar-refractivity contribution is -0.917. The number of nitrogens with one attached hydrogen (secondary N) is 1. The highest BCUT2D eigenvalue weighted by Gasteiger charge is 2.33. The molecule has 0 radical (unpaired) electrons. The van der Waals surface area contributed by atoms with E-state index in [1.807, 2.05) is 31.2 Å². The van der Waals surface area contributed by atoms with Gasteiger partial charge < -0.3 is 14.4 Å². The Labute approximate surface area is 173 Å². The summed E-state index contributed by atoms with van der Waals surface area (Å²) >= 11 is 1.04. The van der Waals surface area contributed by atoms with Crippen LogP contribution < -0.4 is 14.4 Å². The molecule has 0 unspecified atom stereocenters. The zero-order valence-corrected chi connectivity index (χ0v) is 17.6. The molecule has 2 aromatic carbocycles. The summed E-state index contributed by atoms with van der Waals surface area (Å²) in [5.74, 6) is 1.56. The summed E-state index contributed by atoms with van der Waals surface area (Å²) in [5, 5.41) is 0. The molecule has 1 fully saturated rings. The van der Waals surface area contributed by atoms with Gasteiger partial charge in [-0.1, -0.05) is 6.07 Å². The lowest BCUT2D eigenvalue weighted by atomic mass is 10.2. The first kappa shape index (κ1) is 18.7. The number of piperazine rings is 1. The number of aryl methyl sites for hydroxylation is 1. The molecule has 8 nitrogen and oxygen atoms in total. The van der Waals surface area contributed by atoms with Crippen molar-refractivity contribution in [1.29, 1.82) is 0 Å². The van der Waals surface area contributed by atoms with Crippen LogP contribution >= 0.6 is 11.7 Å². The zero-order valence-electron chi connectivity index (χ0n) is 15.9. The molecule has 1 N–H and O–H groups in total. The smallest absolute Gasteiger partial charge is 0.246 e. The van der Waals surface area contributed by atoms with Crippen molar-refractivity contribution in [2.45, 2.75) is 18.4 Å². The normalized spacial score (nSPS) is 17.8. The van der Waals surface area contributed by atoms with E-state index in [-0.39, 0.29) is 6.79 Å². The Morgan fingerprint density at radius 2 is 1.90 bits per heavy atom. The van der Waals surface area contributed by atoms with E-state index in [0.717, 1.165) is 48.4 Å². The number of sulfonamides is 1. The van der Waals surface area contributed by atoms with Crippen molar-refractivity contribution >= 4 is 32.8 Å². The summed E-state index contributed by atoms with van der Waals surface area (Å²) < 4.78 is 47.5. The van der Waals surface area contributed by atoms with Crippen LogP contribution in [0.4, 0.5) is 0 Å². The second-order valence-electron chi connectivity index (χ2n) is 7.36. The van der Waals surface area contributed by atoms with Crippen molar-refractivity contribution in [3.8, 4) is 11.5 Å². The zero-order chi connectivity index (χ0) is 20.0. The van der Waals surface area contributed by atoms with E-state index < -0.39 is 10.0 Å². The molecule has 5 rings (SSSR count). The molecule has 0 amide bonds. The number of ether oxygens (including phenoxy) is 2. The van der Waals surface area contributed by atoms with Crippen molar-refractivity contribution in [3.63, 3.8) is 0 Å². The van der Waals surface area contributed by atoms with Crippen LogP contribution in [0.15, 0.2) is 35.2 Å². The second kappa shape index (κ2) is 7.21. The van der Waals surface area contributed by atoms with E-state index in [1.54, 1.807) is 10.4 Å². The maximum Gasteiger partial charge on any atom is 0.246 e. The molecule has 0 bridgehead atoms. The van der Waals surface area contributed by atoms with Crippen molar-refractivity contribution in [1.82, 2.24) is 13.1 Å². The number of fused-ring (bicyclic) bond motifs is 2. The highest BCUT2D eigenvalue weighted by atomic mass is 32.2. The number of nitrogens with zero attached hydrogens (tertiary/aromatic N) is 3. The lowest BCUT2D eigenvalue weighted by Crippen LogP contribution is -3.13. The summed E-state index contributed by atoms with van der Waals surface area (Å²) in [4.78, 5) is 1.64. The average molecular weight is 434 g/mol. The maximum atomic E-state index is 13.3. The van der Waals surface area contributed by atoms with Gasteiger partial charge in [0.2, 0.25) is 16.8 Å². The first-order chi connectivity index (χ1) is 14.0. The third kappa shape index (κ3) is 3.35. The minimum Gasteiger partial charge on any atom is -0.454 e. The average Bonchev–Trinajstić information content (AvgIpc) is 3.36. The summed E-state index contributed by atoms with van der Waals surface area (Å²) in [5.41, 5.74) is 2.98. The highest BCUT2D eigenvalue weighted by molar-refractivity contribution is 7.89. The number of benzene rings is 2. The summed E-state index contributed by atoms with van der Waals surface area (Å²) in [7, 11) is -3.61. The van der Waals surface area contributed by atoms with Gasteiger partial charge in [0, 0.05) is 5.56 Å². The molecule has 152 valence electrons. The number of rotatable bonds is 4. The molecular formula is C19H21N4O4S2+. The molecule has 2 aliphatic rings. The molecule has 0 atom stereocenters. The van der Waals surface area contributed by atoms with Gasteiger partial charge in [-0.15, -0.1) is 0 Å². The Morgan fingerprint density at radius 1 is 1.10 bits per heavy atom. The van der Waals surface area contributed by atoms with Crippen molar-refractivity contribution in [2.75, 3.05) is 33.0 Å². The van der Waals surface area contributed by atoms with Crippen LogP contribution in [0.1, 0.15) is 11.1 Å². The SMILES string of the molecule is Cc1ccc2nsnc2c1S(=O)(=O)N1CC[NH+](Cc2ccc3c(c2)OCO3)CC1. The molecule has 1 aromatic heterocycles. The fourth-order valence-corrected chi connectivity index (χ4v) is 6.33. The van der Waals surface area contributed by atoms with Crippen LogP contribution in [0.25, 0.3) is 11.0 Å². The lowest BCUT2D eigenvalue weighted by Gasteiger charge is -2.31. The molecule has 0 spiro atoms. The van der Waals surface area contributed by atoms with Gasteiger partial charge in [0.25, 0.3) is 0 Å². The van der Waals surface area contributed by atoms with Crippen molar-refractivity contribution < 1.29 is 22.8 Å². The molecular weight excluding hydrogens is 412 g/mol. The summed E-state index contributed by atoms with van der Waals surface area (Å²) in [6.45, 7) is 5.37. The van der Waals surface area contributed by atoms with Crippen LogP contribution in [-0.4, -0.2) is 54.4 Å². The van der Waals surface area contributed by atoms with Crippen LogP contribution in [0, 0.1) is 6.92 Å². The molecule has 3 aromatic rings. The van der Waals surface area contributed by atoms with Crippen molar-refractivity contribution in [3.05, 3.63) is 41.5 Å². The quantitative estimate of drug-likeness (QED) is 0.656. The summed E-state index contributed by atoms with van der Waals surface area (Å²) in [6, 6.07) is 9.61. The van der Waals surface area contributed by atoms with E-state index >= 15 is 0 Å². The predicted molar refractivity (Wildman–Crippen MR) is 108 cm³/mol. The number of hydrogen-bond donors (Lipinski definition) is 1. The predicted octanol–water partition coefficient (Wildman–Crippen LogP) is 0.818. The van der Waals surface area contributed by atoms with Crippen LogP contribution in [0.5, 0.6) is 11.5 Å². The van der Waals surface area contributed by atoms with Gasteiger partial charge in [0.1, 0.15) is 22.5 Å². The third-order valence-corrected chi connectivity index (χ3v) is 8.12. The van der Waals surface area contributed by atoms with Gasteiger partial charge in [-0.2, -0.15) is 13.1 Å². The van der Waals surface area contributed by atoms with Crippen LogP contribution in [-0.2, 0) is 16.6 Å². The van der Waals surface area contributed by atoms with Gasteiger partial charge in [-0.3, -0.25) is 0 Å². The Kier molecular flexibility index (Phi) is 4.66. The van der Waals surface area contributed by atoms with Gasteiger partial charge >= 0.3 is 0 Å². The molecule has 2 aliphatic heterocycles. The van der Waals surface area contributed by atoms with Gasteiger partial charge in [-0.25, -0.2) is 8.42 Å². The van der Waals surface area contributed by atoms with Gasteiger partial charge in [0.05, 0.1) is 37.9 Å². The van der Waals surface area contributed by atoms with Crippen molar-refractivity contribution in [2.24, 2.45) is 0 Å². The first-order valence-corrected chi connectivity index (χ1v) is 11.6. The Hall–Kier alpha value is -2.27. The minimum atomic E-state index is -3.61. The molecule has 0 aliphatic carbocycles. The van der Waals surface area contributed by atoms with Gasteiger partial charge in [-0.05, 0) is 36.8 Å². The van der Waals surface area contributed by atoms with Gasteiger partial charge in [0.15, 0.2) is 11.5 Å². The van der Waals surface area contributed by atoms with Crippen LogP contribution in [0.3, 0.4) is 0 Å². The maximum absolute atomic E-state index is 13.3. The third-order valence-electron chi connectivity index (χ3n) is 5.50. The Bertz CT molecular complexity index is 1170. The Morgan fingerprint density at radius 3 is 2.72 bits per heavy atom. The molecule has 0 saturated carbocycles. The monoisotopic (exact) mass is 433 g/mol. The largest absolute Gasteiger partial charge is 0.454 e. The number of quaternary nitrogens is 1. The molecule has 3 heterocycles. The summed E-state index contributed by atoms with van der Waals surface area (Å²) in [6.07, 6.45) is 0. The van der Waals surface area contributed by atoms with E-state index in [4.69, 9.17) is 9.47 Å². The number of aromatic nitrogens is 2. The standard InChI is InChI=1S/C19H20N4O4S2/c1-13-2-4-15-18(21-28-20-15)19(13)29(24,25)23-8-6-22(7-9-23)11-14-3-5-16-17(10-14)27-12-26-16/h2-5,10H,6-9,11-12H2,1H3/p+1. The van der Waals surface area contributed by atoms with E-state index in [1.165, 1.54) is 4.90 Å². The molecule has 29 heavy (non-hydrogen) atoms. The minimum absolute atomic E-state index is 0.267. The fraction of sp³-hybridized carbons (Fsp3) is 0.368. The molecule has 1 saturated heterocycles. The van der Waals surface area contributed by atoms with E-state index in [9.17, 15) is 8.42 Å². The first-order valence-electron chi connectivity index (χ1n) is 9.46. The topological polar surface area (TPSA) is 86.1 Å².